The van der Waals surface area contributed by atoms with Gasteiger partial charge in [0, 0.05) is 20.3 Å². The Hall–Kier alpha value is -1.94. The van der Waals surface area contributed by atoms with Crippen molar-refractivity contribution in [2.45, 2.75) is 11.4 Å². The first-order chi connectivity index (χ1) is 8.38. The van der Waals surface area contributed by atoms with Crippen LogP contribution in [0.5, 0.6) is 0 Å². The van der Waals surface area contributed by atoms with E-state index in [-0.39, 0.29) is 17.3 Å². The topological polar surface area (TPSA) is 121 Å². The summed E-state index contributed by atoms with van der Waals surface area (Å²) in [5, 5.41) is 7.74. The van der Waals surface area contributed by atoms with Crippen LogP contribution in [0.2, 0.25) is 0 Å². The highest BCUT2D eigenvalue weighted by atomic mass is 32.2. The van der Waals surface area contributed by atoms with Gasteiger partial charge in [-0.25, -0.2) is 18.1 Å². The Morgan fingerprint density at radius 3 is 2.56 bits per heavy atom. The number of hydrogen-bond acceptors (Lipinski definition) is 6. The van der Waals surface area contributed by atoms with Gasteiger partial charge in [0.1, 0.15) is 11.2 Å². The molecule has 98 valence electrons. The van der Waals surface area contributed by atoms with Gasteiger partial charge in [-0.15, -0.1) is 0 Å². The van der Waals surface area contributed by atoms with Crippen molar-refractivity contribution in [3.05, 3.63) is 18.3 Å². The fourth-order valence-corrected chi connectivity index (χ4v) is 2.48. The van der Waals surface area contributed by atoms with Crippen LogP contribution in [0.4, 0.5) is 5.82 Å². The molecule has 0 fully saturated rings. The van der Waals surface area contributed by atoms with Crippen LogP contribution in [0, 0.1) is 0 Å². The largest absolute Gasteiger partial charge is 0.381 e. The molecule has 0 aliphatic carbocycles. The van der Waals surface area contributed by atoms with Crippen molar-refractivity contribution in [2.24, 2.45) is 14.1 Å². The van der Waals surface area contributed by atoms with Crippen LogP contribution in [0.25, 0.3) is 0 Å². The molecule has 2 rings (SSSR count). The molecular formula is C8H13N7O2S. The molecule has 0 aliphatic heterocycles. The summed E-state index contributed by atoms with van der Waals surface area (Å²) in [7, 11) is -0.415. The van der Waals surface area contributed by atoms with E-state index in [4.69, 9.17) is 5.73 Å². The standard InChI is InChI=1S/C8H13N7O2S/c1-14-4-6(8(9)13-14)18(16,17)11-3-7-10-5-15(2)12-7/h4-5,11H,3H2,1-2H3,(H2,9,13). The molecule has 0 saturated carbocycles. The van der Waals surface area contributed by atoms with Crippen molar-refractivity contribution < 1.29 is 8.42 Å². The number of nitrogens with zero attached hydrogens (tertiary/aromatic N) is 5. The molecule has 0 aliphatic rings. The molecule has 2 heterocycles. The molecule has 10 heteroatoms. The summed E-state index contributed by atoms with van der Waals surface area (Å²) in [6.07, 6.45) is 2.82. The predicted molar refractivity (Wildman–Crippen MR) is 62.6 cm³/mol. The Bertz CT molecular complexity index is 657. The Labute approximate surface area is 104 Å². The third-order valence-electron chi connectivity index (χ3n) is 2.18. The summed E-state index contributed by atoms with van der Waals surface area (Å²) in [5.74, 6) is 0.336. The van der Waals surface area contributed by atoms with Gasteiger partial charge in [-0.05, 0) is 0 Å². The summed E-state index contributed by atoms with van der Waals surface area (Å²) in [4.78, 5) is 3.86. The maximum absolute atomic E-state index is 11.9. The van der Waals surface area contributed by atoms with E-state index in [1.165, 1.54) is 21.9 Å². The first-order valence-electron chi connectivity index (χ1n) is 5.02. The number of aryl methyl sites for hydroxylation is 2. The molecular weight excluding hydrogens is 258 g/mol. The zero-order chi connectivity index (χ0) is 13.3. The first-order valence-corrected chi connectivity index (χ1v) is 6.50. The van der Waals surface area contributed by atoms with Gasteiger partial charge < -0.3 is 5.73 Å². The van der Waals surface area contributed by atoms with E-state index in [0.717, 1.165) is 0 Å². The number of nitrogen functional groups attached to an aromatic ring is 1. The van der Waals surface area contributed by atoms with E-state index in [0.29, 0.717) is 5.82 Å². The highest BCUT2D eigenvalue weighted by molar-refractivity contribution is 7.89. The molecule has 0 bridgehead atoms. The number of rotatable bonds is 4. The van der Waals surface area contributed by atoms with Gasteiger partial charge in [-0.1, -0.05) is 0 Å². The maximum atomic E-state index is 11.9. The molecule has 0 radical (unpaired) electrons. The SMILES string of the molecule is Cn1cnc(CNS(=O)(=O)c2cn(C)nc2N)n1. The summed E-state index contributed by atoms with van der Waals surface area (Å²) in [5.41, 5.74) is 5.51. The molecule has 0 saturated heterocycles. The summed E-state index contributed by atoms with van der Waals surface area (Å²) in [6.45, 7) is -0.00247. The Kier molecular flexibility index (Phi) is 3.05. The summed E-state index contributed by atoms with van der Waals surface area (Å²) < 4.78 is 29.1. The highest BCUT2D eigenvalue weighted by Gasteiger charge is 2.20. The smallest absolute Gasteiger partial charge is 0.246 e. The van der Waals surface area contributed by atoms with Gasteiger partial charge in [0.25, 0.3) is 0 Å². The van der Waals surface area contributed by atoms with Crippen molar-refractivity contribution in [2.75, 3.05) is 5.73 Å². The molecule has 0 spiro atoms. The Balaban J connectivity index is 2.15. The van der Waals surface area contributed by atoms with Crippen molar-refractivity contribution >= 4 is 15.8 Å². The summed E-state index contributed by atoms with van der Waals surface area (Å²) >= 11 is 0. The fourth-order valence-electron chi connectivity index (χ4n) is 1.39. The van der Waals surface area contributed by atoms with Crippen molar-refractivity contribution in [1.82, 2.24) is 29.3 Å². The zero-order valence-corrected chi connectivity index (χ0v) is 10.7. The van der Waals surface area contributed by atoms with Gasteiger partial charge in [0.2, 0.25) is 10.0 Å². The molecule has 0 aromatic carbocycles. The number of nitrogens with two attached hydrogens (primary N) is 1. The average molecular weight is 271 g/mol. The highest BCUT2D eigenvalue weighted by Crippen LogP contribution is 2.15. The minimum atomic E-state index is -3.71. The van der Waals surface area contributed by atoms with E-state index in [1.54, 1.807) is 14.1 Å². The van der Waals surface area contributed by atoms with Gasteiger partial charge in [-0.3, -0.25) is 9.36 Å². The second-order valence-corrected chi connectivity index (χ2v) is 5.45. The molecule has 0 amide bonds. The quantitative estimate of drug-likeness (QED) is 0.706. The number of hydrogen-bond donors (Lipinski definition) is 2. The van der Waals surface area contributed by atoms with Crippen LogP contribution < -0.4 is 10.5 Å². The van der Waals surface area contributed by atoms with Crippen molar-refractivity contribution in [1.29, 1.82) is 0 Å². The lowest BCUT2D eigenvalue weighted by atomic mass is 10.6. The lowest BCUT2D eigenvalue weighted by Crippen LogP contribution is -2.24. The number of sulfonamides is 1. The minimum Gasteiger partial charge on any atom is -0.381 e. The van der Waals surface area contributed by atoms with E-state index < -0.39 is 10.0 Å². The molecule has 9 nitrogen and oxygen atoms in total. The van der Waals surface area contributed by atoms with Crippen molar-refractivity contribution in [3.63, 3.8) is 0 Å². The number of aromatic nitrogens is 5. The van der Waals surface area contributed by atoms with Crippen LogP contribution in [-0.4, -0.2) is 33.0 Å². The van der Waals surface area contributed by atoms with Crippen molar-refractivity contribution in [3.8, 4) is 0 Å². The lowest BCUT2D eigenvalue weighted by Gasteiger charge is -2.02. The number of nitrogens with one attached hydrogen (secondary N) is 1. The second-order valence-electron chi connectivity index (χ2n) is 3.71. The Morgan fingerprint density at radius 2 is 2.06 bits per heavy atom. The van der Waals surface area contributed by atoms with E-state index >= 15 is 0 Å². The van der Waals surface area contributed by atoms with Gasteiger partial charge >= 0.3 is 0 Å². The van der Waals surface area contributed by atoms with E-state index in [9.17, 15) is 8.42 Å². The average Bonchev–Trinajstić information content (AvgIpc) is 2.82. The molecule has 0 unspecified atom stereocenters. The normalized spacial score (nSPS) is 11.9. The van der Waals surface area contributed by atoms with Gasteiger partial charge in [-0.2, -0.15) is 10.2 Å². The first kappa shape index (κ1) is 12.5. The van der Waals surface area contributed by atoms with E-state index in [1.807, 2.05) is 0 Å². The minimum absolute atomic E-state index is 0.00247. The summed E-state index contributed by atoms with van der Waals surface area (Å²) in [6, 6.07) is 0. The fraction of sp³-hybridized carbons (Fsp3) is 0.375. The molecule has 3 N–H and O–H groups in total. The number of anilines is 1. The zero-order valence-electron chi connectivity index (χ0n) is 9.90. The second kappa shape index (κ2) is 4.38. The van der Waals surface area contributed by atoms with Gasteiger partial charge in [0.15, 0.2) is 11.6 Å². The monoisotopic (exact) mass is 271 g/mol. The maximum Gasteiger partial charge on any atom is 0.246 e. The third-order valence-corrected chi connectivity index (χ3v) is 3.60. The van der Waals surface area contributed by atoms with Gasteiger partial charge in [0.05, 0.1) is 6.54 Å². The molecule has 18 heavy (non-hydrogen) atoms. The van der Waals surface area contributed by atoms with E-state index in [2.05, 4.69) is 19.9 Å². The molecule has 0 atom stereocenters. The van der Waals surface area contributed by atoms with Crippen LogP contribution in [0.15, 0.2) is 17.4 Å². The Morgan fingerprint density at radius 1 is 1.33 bits per heavy atom. The van der Waals surface area contributed by atoms with Crippen LogP contribution in [-0.2, 0) is 30.7 Å². The van der Waals surface area contributed by atoms with Crippen LogP contribution in [0.3, 0.4) is 0 Å². The predicted octanol–water partition coefficient (Wildman–Crippen LogP) is -1.39. The van der Waals surface area contributed by atoms with Crippen LogP contribution in [0.1, 0.15) is 5.82 Å². The van der Waals surface area contributed by atoms with Crippen LogP contribution >= 0.6 is 0 Å². The lowest BCUT2D eigenvalue weighted by molar-refractivity contribution is 0.579. The third kappa shape index (κ3) is 2.49. The molecule has 2 aromatic rings. The molecule has 2 aromatic heterocycles.